The number of nitrogens with zero attached hydrogens (tertiary/aromatic N) is 1. The van der Waals surface area contributed by atoms with E-state index in [9.17, 15) is 17.6 Å². The lowest BCUT2D eigenvalue weighted by atomic mass is 10.1. The van der Waals surface area contributed by atoms with E-state index in [1.807, 2.05) is 0 Å². The fourth-order valence-corrected chi connectivity index (χ4v) is 1.62. The third-order valence-corrected chi connectivity index (χ3v) is 2.87. The molecule has 0 amide bonds. The molecule has 1 unspecified atom stereocenters. The minimum absolute atomic E-state index is 0.425. The van der Waals surface area contributed by atoms with E-state index in [0.717, 1.165) is 0 Å². The summed E-state index contributed by atoms with van der Waals surface area (Å²) in [4.78, 5) is 0. The molecule has 1 rings (SSSR count). The van der Waals surface area contributed by atoms with E-state index in [4.69, 9.17) is 10.9 Å². The van der Waals surface area contributed by atoms with Gasteiger partial charge in [-0.3, -0.25) is 0 Å². The van der Waals surface area contributed by atoms with Crippen LogP contribution in [-0.4, -0.2) is 23.8 Å². The second kappa shape index (κ2) is 6.56. The average molecular weight is 293 g/mol. The van der Waals surface area contributed by atoms with Crippen LogP contribution in [0.1, 0.15) is 18.5 Å². The predicted molar refractivity (Wildman–Crippen MR) is 65.8 cm³/mol. The Balaban J connectivity index is 2.70. The highest BCUT2D eigenvalue weighted by Gasteiger charge is 2.42. The third kappa shape index (κ3) is 4.37. The fraction of sp³-hybridized carbons (Fsp3) is 0.417. The molecule has 2 atom stereocenters. The van der Waals surface area contributed by atoms with E-state index in [1.54, 1.807) is 6.92 Å². The van der Waals surface area contributed by atoms with Crippen LogP contribution in [0.3, 0.4) is 0 Å². The van der Waals surface area contributed by atoms with Gasteiger partial charge in [-0.2, -0.15) is 13.2 Å². The van der Waals surface area contributed by atoms with Gasteiger partial charge in [0.1, 0.15) is 11.7 Å². The van der Waals surface area contributed by atoms with Crippen molar-refractivity contribution in [3.63, 3.8) is 0 Å². The second-order valence-electron chi connectivity index (χ2n) is 4.30. The molecule has 0 fully saturated rings. The molecule has 112 valence electrons. The molecule has 1 aromatic carbocycles. The summed E-state index contributed by atoms with van der Waals surface area (Å²) in [6.07, 6.45) is -4.62. The zero-order valence-corrected chi connectivity index (χ0v) is 10.7. The number of hydrogen-bond acceptors (Lipinski definition) is 3. The van der Waals surface area contributed by atoms with Gasteiger partial charge in [-0.1, -0.05) is 17.3 Å². The lowest BCUT2D eigenvalue weighted by molar-refractivity contribution is -0.155. The SMILES string of the molecule is C[C@H](NCC(/C(N)=N/O)C(F)(F)F)c1ccc(F)cc1. The number of nitrogens with two attached hydrogens (primary N) is 1. The first-order chi connectivity index (χ1) is 9.25. The van der Waals surface area contributed by atoms with Crippen molar-refractivity contribution in [2.75, 3.05) is 6.54 Å². The Hall–Kier alpha value is -1.83. The van der Waals surface area contributed by atoms with Crippen LogP contribution in [0.5, 0.6) is 0 Å². The van der Waals surface area contributed by atoms with Crippen LogP contribution in [0, 0.1) is 11.7 Å². The van der Waals surface area contributed by atoms with Gasteiger partial charge < -0.3 is 16.3 Å². The summed E-state index contributed by atoms with van der Waals surface area (Å²) in [7, 11) is 0. The maximum atomic E-state index is 12.7. The predicted octanol–water partition coefficient (Wildman–Crippen LogP) is 2.40. The zero-order chi connectivity index (χ0) is 15.3. The molecule has 1 aromatic rings. The maximum absolute atomic E-state index is 12.7. The average Bonchev–Trinajstić information content (AvgIpc) is 2.37. The zero-order valence-electron chi connectivity index (χ0n) is 10.7. The van der Waals surface area contributed by atoms with Crippen molar-refractivity contribution in [3.05, 3.63) is 35.6 Å². The Morgan fingerprint density at radius 3 is 2.35 bits per heavy atom. The number of oxime groups is 1. The lowest BCUT2D eigenvalue weighted by Crippen LogP contribution is -2.43. The van der Waals surface area contributed by atoms with Crippen molar-refractivity contribution in [2.45, 2.75) is 19.1 Å². The van der Waals surface area contributed by atoms with Crippen LogP contribution in [0.15, 0.2) is 29.4 Å². The molecular formula is C12H15F4N3O. The lowest BCUT2D eigenvalue weighted by Gasteiger charge is -2.22. The molecule has 0 aliphatic heterocycles. The molecule has 0 aliphatic rings. The van der Waals surface area contributed by atoms with Crippen LogP contribution in [0.4, 0.5) is 17.6 Å². The summed E-state index contributed by atoms with van der Waals surface area (Å²) in [5.41, 5.74) is 5.67. The van der Waals surface area contributed by atoms with E-state index >= 15 is 0 Å². The van der Waals surface area contributed by atoms with Crippen molar-refractivity contribution in [2.24, 2.45) is 16.8 Å². The summed E-state index contributed by atoms with van der Waals surface area (Å²) in [5, 5.41) is 13.4. The minimum Gasteiger partial charge on any atom is -0.409 e. The molecule has 0 aliphatic carbocycles. The smallest absolute Gasteiger partial charge is 0.400 e. The molecule has 4 nitrogen and oxygen atoms in total. The topological polar surface area (TPSA) is 70.6 Å². The minimum atomic E-state index is -4.62. The number of rotatable bonds is 5. The van der Waals surface area contributed by atoms with Crippen molar-refractivity contribution >= 4 is 5.84 Å². The van der Waals surface area contributed by atoms with Gasteiger partial charge in [-0.25, -0.2) is 4.39 Å². The van der Waals surface area contributed by atoms with Gasteiger partial charge in [0.2, 0.25) is 0 Å². The summed E-state index contributed by atoms with van der Waals surface area (Å²) in [5.74, 6) is -3.42. The Kier molecular flexibility index (Phi) is 5.32. The van der Waals surface area contributed by atoms with Gasteiger partial charge in [-0.05, 0) is 24.6 Å². The van der Waals surface area contributed by atoms with E-state index < -0.39 is 36.3 Å². The molecule has 8 heteroatoms. The van der Waals surface area contributed by atoms with Gasteiger partial charge in [0.15, 0.2) is 5.84 Å². The first kappa shape index (κ1) is 16.2. The summed E-state index contributed by atoms with van der Waals surface area (Å²) in [6, 6.07) is 4.95. The van der Waals surface area contributed by atoms with Crippen LogP contribution in [0.25, 0.3) is 0 Å². The summed E-state index contributed by atoms with van der Waals surface area (Å²) >= 11 is 0. The van der Waals surface area contributed by atoms with Crippen molar-refractivity contribution in [3.8, 4) is 0 Å². The highest BCUT2D eigenvalue weighted by atomic mass is 19.4. The number of nitrogens with one attached hydrogen (secondary N) is 1. The Bertz CT molecular complexity index is 459. The molecule has 4 N–H and O–H groups in total. The van der Waals surface area contributed by atoms with E-state index in [2.05, 4.69) is 10.5 Å². The Labute approximate surface area is 113 Å². The molecule has 0 heterocycles. The Morgan fingerprint density at radius 2 is 1.90 bits per heavy atom. The molecule has 0 radical (unpaired) electrons. The quantitative estimate of drug-likeness (QED) is 0.257. The summed E-state index contributed by atoms with van der Waals surface area (Å²) < 4.78 is 50.8. The molecule has 20 heavy (non-hydrogen) atoms. The first-order valence-electron chi connectivity index (χ1n) is 5.78. The molecular weight excluding hydrogens is 278 g/mol. The summed E-state index contributed by atoms with van der Waals surface area (Å²) in [6.45, 7) is 1.09. The number of benzene rings is 1. The largest absolute Gasteiger partial charge is 0.409 e. The van der Waals surface area contributed by atoms with Gasteiger partial charge in [-0.15, -0.1) is 0 Å². The van der Waals surface area contributed by atoms with Crippen LogP contribution in [0.2, 0.25) is 0 Å². The van der Waals surface area contributed by atoms with Gasteiger partial charge in [0, 0.05) is 12.6 Å². The highest BCUT2D eigenvalue weighted by molar-refractivity contribution is 5.83. The molecule has 0 saturated carbocycles. The Morgan fingerprint density at radius 1 is 1.35 bits per heavy atom. The molecule has 0 spiro atoms. The molecule has 0 saturated heterocycles. The maximum Gasteiger partial charge on any atom is 0.400 e. The number of alkyl halides is 3. The van der Waals surface area contributed by atoms with Crippen LogP contribution >= 0.6 is 0 Å². The van der Waals surface area contributed by atoms with Gasteiger partial charge in [0.05, 0.1) is 0 Å². The normalized spacial score (nSPS) is 15.9. The van der Waals surface area contributed by atoms with Crippen LogP contribution < -0.4 is 11.1 Å². The van der Waals surface area contributed by atoms with E-state index in [0.29, 0.717) is 5.56 Å². The molecule has 0 bridgehead atoms. The standard InChI is InChI=1S/C12H15F4N3O/c1-7(8-2-4-9(13)5-3-8)18-6-10(11(17)19-20)12(14,15)16/h2-5,7,10,18,20H,6H2,1H3,(H2,17,19)/t7-,10?/m0/s1. The third-order valence-electron chi connectivity index (χ3n) is 2.87. The van der Waals surface area contributed by atoms with E-state index in [-0.39, 0.29) is 0 Å². The molecule has 0 aromatic heterocycles. The monoisotopic (exact) mass is 293 g/mol. The van der Waals surface area contributed by atoms with Gasteiger partial charge >= 0.3 is 6.18 Å². The van der Waals surface area contributed by atoms with Crippen molar-refractivity contribution in [1.29, 1.82) is 0 Å². The van der Waals surface area contributed by atoms with E-state index in [1.165, 1.54) is 24.3 Å². The van der Waals surface area contributed by atoms with Gasteiger partial charge in [0.25, 0.3) is 0 Å². The van der Waals surface area contributed by atoms with Crippen molar-refractivity contribution < 1.29 is 22.8 Å². The number of hydrogen-bond donors (Lipinski definition) is 3. The highest BCUT2D eigenvalue weighted by Crippen LogP contribution is 2.26. The number of halogens is 4. The second-order valence-corrected chi connectivity index (χ2v) is 4.30. The fourth-order valence-electron chi connectivity index (χ4n) is 1.62. The first-order valence-corrected chi connectivity index (χ1v) is 5.78. The van der Waals surface area contributed by atoms with Crippen LogP contribution in [-0.2, 0) is 0 Å². The van der Waals surface area contributed by atoms with Crippen molar-refractivity contribution in [1.82, 2.24) is 5.32 Å². The number of amidine groups is 1.